The normalized spacial score (nSPS) is 19.8. The molecular formula is C21H18N2O3. The summed E-state index contributed by atoms with van der Waals surface area (Å²) in [5.41, 5.74) is 8.78. The van der Waals surface area contributed by atoms with Crippen LogP contribution in [0.25, 0.3) is 11.3 Å². The standard InChI is InChI=1S/C21H18N2O3/c1-12-5-7-13(8-6-12)16-9-10-18(25-16)19-14(11-22)21(23)26-17-4-2-3-15(24)20(17)19/h5-10,19H,2-4,23H2,1H3/t19-/m1/s1. The second-order valence-corrected chi connectivity index (χ2v) is 6.61. The zero-order valence-electron chi connectivity index (χ0n) is 14.4. The van der Waals surface area contributed by atoms with E-state index in [0.717, 1.165) is 17.5 Å². The minimum absolute atomic E-state index is 0.00946. The van der Waals surface area contributed by atoms with Crippen LogP contribution in [0, 0.1) is 18.3 Å². The van der Waals surface area contributed by atoms with Gasteiger partial charge in [0.25, 0.3) is 0 Å². The first-order chi connectivity index (χ1) is 12.6. The van der Waals surface area contributed by atoms with Crippen LogP contribution in [-0.4, -0.2) is 5.78 Å². The Kier molecular flexibility index (Phi) is 3.89. The van der Waals surface area contributed by atoms with Crippen molar-refractivity contribution in [1.82, 2.24) is 0 Å². The molecule has 0 bridgehead atoms. The van der Waals surface area contributed by atoms with Crippen LogP contribution in [0.2, 0.25) is 0 Å². The van der Waals surface area contributed by atoms with Crippen LogP contribution in [-0.2, 0) is 9.53 Å². The summed E-state index contributed by atoms with van der Waals surface area (Å²) in [5, 5.41) is 9.58. The Morgan fingerprint density at radius 3 is 2.65 bits per heavy atom. The lowest BCUT2D eigenvalue weighted by molar-refractivity contribution is -0.116. The van der Waals surface area contributed by atoms with Gasteiger partial charge in [-0.1, -0.05) is 29.8 Å². The summed E-state index contributed by atoms with van der Waals surface area (Å²) in [4.78, 5) is 12.5. The Morgan fingerprint density at radius 1 is 1.15 bits per heavy atom. The number of furan rings is 1. The summed E-state index contributed by atoms with van der Waals surface area (Å²) < 4.78 is 11.6. The quantitative estimate of drug-likeness (QED) is 0.885. The SMILES string of the molecule is Cc1ccc(-c2ccc([C@H]3C(C#N)=C(N)OC4=C3C(=O)CCC4)o2)cc1. The lowest BCUT2D eigenvalue weighted by atomic mass is 9.80. The highest BCUT2D eigenvalue weighted by molar-refractivity contribution is 5.99. The van der Waals surface area contributed by atoms with Gasteiger partial charge in [-0.05, 0) is 25.5 Å². The number of carbonyl (C=O) groups is 1. The molecule has 1 aliphatic heterocycles. The maximum Gasteiger partial charge on any atom is 0.205 e. The van der Waals surface area contributed by atoms with E-state index in [1.54, 1.807) is 0 Å². The van der Waals surface area contributed by atoms with Gasteiger partial charge in [0.15, 0.2) is 5.78 Å². The van der Waals surface area contributed by atoms with Crippen molar-refractivity contribution in [2.45, 2.75) is 32.1 Å². The number of nitrogens with two attached hydrogens (primary N) is 1. The van der Waals surface area contributed by atoms with Crippen molar-refractivity contribution in [2.24, 2.45) is 5.73 Å². The fraction of sp³-hybridized carbons (Fsp3) is 0.238. The first-order valence-corrected chi connectivity index (χ1v) is 8.59. The van der Waals surface area contributed by atoms with Gasteiger partial charge < -0.3 is 14.9 Å². The molecule has 0 saturated heterocycles. The Bertz CT molecular complexity index is 987. The van der Waals surface area contributed by atoms with Crippen molar-refractivity contribution in [2.75, 3.05) is 0 Å². The Morgan fingerprint density at radius 2 is 1.92 bits per heavy atom. The van der Waals surface area contributed by atoms with E-state index < -0.39 is 5.92 Å². The maximum absolute atomic E-state index is 12.5. The van der Waals surface area contributed by atoms with Gasteiger partial charge in [0.1, 0.15) is 28.9 Å². The highest BCUT2D eigenvalue weighted by Crippen LogP contribution is 2.44. The van der Waals surface area contributed by atoms with Crippen LogP contribution < -0.4 is 5.73 Å². The van der Waals surface area contributed by atoms with Crippen molar-refractivity contribution < 1.29 is 13.9 Å². The fourth-order valence-electron chi connectivity index (χ4n) is 3.52. The monoisotopic (exact) mass is 346 g/mol. The fourth-order valence-corrected chi connectivity index (χ4v) is 3.52. The largest absolute Gasteiger partial charge is 0.460 e. The van der Waals surface area contributed by atoms with Gasteiger partial charge in [-0.2, -0.15) is 5.26 Å². The average Bonchev–Trinajstić information content (AvgIpc) is 3.11. The van der Waals surface area contributed by atoms with E-state index in [1.165, 1.54) is 0 Å². The molecule has 2 aromatic rings. The van der Waals surface area contributed by atoms with Gasteiger partial charge in [-0.3, -0.25) is 4.79 Å². The molecule has 1 aromatic heterocycles. The molecule has 0 unspecified atom stereocenters. The summed E-state index contributed by atoms with van der Waals surface area (Å²) in [6.07, 6.45) is 1.82. The first kappa shape index (κ1) is 16.2. The molecule has 1 atom stereocenters. The Balaban J connectivity index is 1.80. The summed E-state index contributed by atoms with van der Waals surface area (Å²) in [5.74, 6) is 1.23. The van der Waals surface area contributed by atoms with Crippen LogP contribution in [0.5, 0.6) is 0 Å². The molecule has 0 saturated carbocycles. The number of hydrogen-bond donors (Lipinski definition) is 1. The Labute approximate surface area is 151 Å². The molecule has 2 heterocycles. The first-order valence-electron chi connectivity index (χ1n) is 8.59. The molecule has 0 radical (unpaired) electrons. The summed E-state index contributed by atoms with van der Waals surface area (Å²) in [6, 6.07) is 13.7. The maximum atomic E-state index is 12.5. The molecule has 1 aliphatic carbocycles. The number of nitrogens with zero attached hydrogens (tertiary/aromatic N) is 1. The molecule has 26 heavy (non-hydrogen) atoms. The predicted octanol–water partition coefficient (Wildman–Crippen LogP) is 4.07. The van der Waals surface area contributed by atoms with E-state index in [-0.39, 0.29) is 17.2 Å². The van der Waals surface area contributed by atoms with Gasteiger partial charge in [0, 0.05) is 24.0 Å². The highest BCUT2D eigenvalue weighted by Gasteiger charge is 2.39. The number of rotatable bonds is 2. The minimum atomic E-state index is -0.601. The number of nitriles is 1. The van der Waals surface area contributed by atoms with Gasteiger partial charge in [0.2, 0.25) is 5.88 Å². The number of ketones is 1. The number of Topliss-reactive ketones (excluding diaryl/α,β-unsaturated/α-hetero) is 1. The number of carbonyl (C=O) groups excluding carboxylic acids is 1. The summed E-state index contributed by atoms with van der Waals surface area (Å²) >= 11 is 0. The topological polar surface area (TPSA) is 89.3 Å². The second-order valence-electron chi connectivity index (χ2n) is 6.61. The summed E-state index contributed by atoms with van der Waals surface area (Å²) in [7, 11) is 0. The van der Waals surface area contributed by atoms with Crippen molar-refractivity contribution in [1.29, 1.82) is 5.26 Å². The molecule has 0 spiro atoms. The van der Waals surface area contributed by atoms with E-state index in [0.29, 0.717) is 35.7 Å². The van der Waals surface area contributed by atoms with E-state index in [1.807, 2.05) is 43.3 Å². The second kappa shape index (κ2) is 6.23. The lowest BCUT2D eigenvalue weighted by Crippen LogP contribution is -2.27. The van der Waals surface area contributed by atoms with Gasteiger partial charge in [-0.15, -0.1) is 0 Å². The molecular weight excluding hydrogens is 328 g/mol. The van der Waals surface area contributed by atoms with Crippen LogP contribution >= 0.6 is 0 Å². The van der Waals surface area contributed by atoms with E-state index >= 15 is 0 Å². The van der Waals surface area contributed by atoms with E-state index in [4.69, 9.17) is 14.9 Å². The molecule has 0 fully saturated rings. The molecule has 2 aliphatic rings. The van der Waals surface area contributed by atoms with E-state index in [2.05, 4.69) is 6.07 Å². The van der Waals surface area contributed by atoms with Crippen LogP contribution in [0.1, 0.15) is 36.5 Å². The summed E-state index contributed by atoms with van der Waals surface area (Å²) in [6.45, 7) is 2.02. The van der Waals surface area contributed by atoms with Crippen molar-refractivity contribution in [3.8, 4) is 17.4 Å². The molecule has 130 valence electrons. The molecule has 4 rings (SSSR count). The van der Waals surface area contributed by atoms with Gasteiger partial charge in [-0.25, -0.2) is 0 Å². The lowest BCUT2D eigenvalue weighted by Gasteiger charge is -2.29. The zero-order chi connectivity index (χ0) is 18.3. The van der Waals surface area contributed by atoms with Gasteiger partial charge in [0.05, 0.1) is 5.92 Å². The van der Waals surface area contributed by atoms with Crippen LogP contribution in [0.4, 0.5) is 0 Å². The average molecular weight is 346 g/mol. The van der Waals surface area contributed by atoms with Gasteiger partial charge >= 0.3 is 0 Å². The van der Waals surface area contributed by atoms with Crippen molar-refractivity contribution in [3.63, 3.8) is 0 Å². The molecule has 0 amide bonds. The number of hydrogen-bond acceptors (Lipinski definition) is 5. The number of ether oxygens (including phenoxy) is 1. The number of benzene rings is 1. The smallest absolute Gasteiger partial charge is 0.205 e. The predicted molar refractivity (Wildman–Crippen MR) is 95.4 cm³/mol. The zero-order valence-corrected chi connectivity index (χ0v) is 14.4. The molecule has 5 nitrogen and oxygen atoms in total. The third-order valence-corrected chi connectivity index (χ3v) is 4.85. The Hall–Kier alpha value is -3.26. The molecule has 2 N–H and O–H groups in total. The number of aryl methyl sites for hydroxylation is 1. The van der Waals surface area contributed by atoms with Crippen LogP contribution in [0.3, 0.4) is 0 Å². The third kappa shape index (κ3) is 2.60. The van der Waals surface area contributed by atoms with Crippen LogP contribution in [0.15, 0.2) is 63.6 Å². The van der Waals surface area contributed by atoms with E-state index in [9.17, 15) is 10.1 Å². The molecule has 1 aromatic carbocycles. The van der Waals surface area contributed by atoms with Crippen molar-refractivity contribution in [3.05, 3.63) is 70.5 Å². The van der Waals surface area contributed by atoms with Crippen molar-refractivity contribution >= 4 is 5.78 Å². The molecule has 5 heteroatoms. The third-order valence-electron chi connectivity index (χ3n) is 4.85. The number of allylic oxidation sites excluding steroid dienone is 3. The highest BCUT2D eigenvalue weighted by atomic mass is 16.5. The minimum Gasteiger partial charge on any atom is -0.460 e.